The molecule has 8 nitrogen and oxygen atoms in total. The Hall–Kier alpha value is -3.59. The Balaban J connectivity index is 2.03. The van der Waals surface area contributed by atoms with Crippen LogP contribution in [0.5, 0.6) is 11.7 Å². The summed E-state index contributed by atoms with van der Waals surface area (Å²) in [5, 5.41) is 24.0. The minimum Gasteiger partial charge on any atom is -0.539 e. The number of ketones is 1. The van der Waals surface area contributed by atoms with E-state index < -0.39 is 34.8 Å². The van der Waals surface area contributed by atoms with Crippen molar-refractivity contribution in [3.05, 3.63) is 47.2 Å². The van der Waals surface area contributed by atoms with E-state index in [1.54, 1.807) is 12.1 Å². The molecule has 0 atom stereocenters. The van der Waals surface area contributed by atoms with Crippen LogP contribution in [-0.4, -0.2) is 28.9 Å². The Morgan fingerprint density at radius 1 is 1.35 bits per heavy atom. The summed E-state index contributed by atoms with van der Waals surface area (Å²) in [4.78, 5) is 16.5. The second-order valence-electron chi connectivity index (χ2n) is 6.12. The largest absolute Gasteiger partial charge is 0.539 e. The Bertz CT molecular complexity index is 1150. The van der Waals surface area contributed by atoms with E-state index in [0.29, 0.717) is 23.1 Å². The lowest BCUT2D eigenvalue weighted by atomic mass is 10.1. The van der Waals surface area contributed by atoms with Gasteiger partial charge in [-0.05, 0) is 30.3 Å². The molecule has 3 rings (SSSR count). The maximum Gasteiger partial charge on any atom is 0.417 e. The maximum absolute atomic E-state index is 13.6. The Kier molecular flexibility index (Phi) is 6.16. The van der Waals surface area contributed by atoms with E-state index in [-0.39, 0.29) is 16.4 Å². The van der Waals surface area contributed by atoms with E-state index in [4.69, 9.17) is 4.74 Å². The van der Waals surface area contributed by atoms with Gasteiger partial charge < -0.3 is 14.4 Å². The highest BCUT2D eigenvalue weighted by Crippen LogP contribution is 2.38. The number of nitriles is 1. The normalized spacial score (nSPS) is 11.2. The minimum atomic E-state index is -4.82. The van der Waals surface area contributed by atoms with Crippen molar-refractivity contribution in [3.63, 3.8) is 0 Å². The highest BCUT2D eigenvalue weighted by Gasteiger charge is 2.36. The highest BCUT2D eigenvalue weighted by molar-refractivity contribution is 8.00. The number of methoxy groups -OCH3 is 1. The van der Waals surface area contributed by atoms with Crippen molar-refractivity contribution >= 4 is 17.5 Å². The van der Waals surface area contributed by atoms with E-state index in [2.05, 4.69) is 14.8 Å². The summed E-state index contributed by atoms with van der Waals surface area (Å²) in [6.45, 7) is 0. The van der Waals surface area contributed by atoms with Gasteiger partial charge in [-0.25, -0.2) is 4.98 Å². The number of nitrogens with zero attached hydrogens (tertiary/aromatic N) is 4. The summed E-state index contributed by atoms with van der Waals surface area (Å²) in [5.74, 6) is -1.64. The van der Waals surface area contributed by atoms with Gasteiger partial charge in [0.2, 0.25) is 5.78 Å². The number of rotatable bonds is 6. The molecule has 0 radical (unpaired) electrons. The topological polar surface area (TPSA) is 116 Å². The van der Waals surface area contributed by atoms with Crippen LogP contribution >= 0.6 is 11.8 Å². The van der Waals surface area contributed by atoms with Crippen molar-refractivity contribution in [2.45, 2.75) is 11.2 Å². The fourth-order valence-corrected chi connectivity index (χ4v) is 3.55. The molecule has 160 valence electrons. The summed E-state index contributed by atoms with van der Waals surface area (Å²) >= 11 is 0.613. The molecule has 3 aromatic rings. The molecule has 0 bridgehead atoms. The fraction of sp³-hybridized carbons (Fsp3) is 0.211. The van der Waals surface area contributed by atoms with Gasteiger partial charge in [-0.1, -0.05) is 16.4 Å². The van der Waals surface area contributed by atoms with Gasteiger partial charge in [0.1, 0.15) is 16.8 Å². The Labute approximate surface area is 177 Å². The molecule has 0 fully saturated rings. The smallest absolute Gasteiger partial charge is 0.417 e. The van der Waals surface area contributed by atoms with Gasteiger partial charge in [0.15, 0.2) is 13.0 Å². The number of Topliss-reactive ketones (excluding diaryl/α,β-unsaturated/α-hetero) is 1. The zero-order valence-corrected chi connectivity index (χ0v) is 16.9. The monoisotopic (exact) mass is 450 g/mol. The molecule has 2 heterocycles. The molecule has 0 unspecified atom stereocenters. The molecule has 0 amide bonds. The van der Waals surface area contributed by atoms with E-state index >= 15 is 0 Å². The van der Waals surface area contributed by atoms with E-state index in [1.807, 2.05) is 0 Å². The second-order valence-corrected chi connectivity index (χ2v) is 7.08. The number of carbonyl (C=O) groups is 1. The number of pyridine rings is 1. The third-order valence-electron chi connectivity index (χ3n) is 4.16. The third-order valence-corrected chi connectivity index (χ3v) is 5.13. The summed E-state index contributed by atoms with van der Waals surface area (Å²) in [6, 6.07) is 8.45. The average molecular weight is 450 g/mol. The molecule has 0 spiro atoms. The van der Waals surface area contributed by atoms with Crippen LogP contribution in [0.1, 0.15) is 21.6 Å². The van der Waals surface area contributed by atoms with Crippen molar-refractivity contribution in [1.29, 1.82) is 5.26 Å². The number of thioether (sulfide) groups is 1. The number of benzene rings is 1. The first kappa shape index (κ1) is 22.1. The minimum absolute atomic E-state index is 0.0380. The molecule has 0 aliphatic heterocycles. The SMILES string of the molecule is COc1ccc(-c2cc(C(F)(F)F)c(C#N)c(SCC(=O)c3c([O-])on[n+]3C)n2)cc1. The lowest BCUT2D eigenvalue weighted by Gasteiger charge is -2.14. The van der Waals surface area contributed by atoms with Crippen molar-refractivity contribution in [1.82, 2.24) is 10.3 Å². The van der Waals surface area contributed by atoms with E-state index in [9.17, 15) is 28.3 Å². The molecule has 0 N–H and O–H groups in total. The predicted molar refractivity (Wildman–Crippen MR) is 98.1 cm³/mol. The summed E-state index contributed by atoms with van der Waals surface area (Å²) in [6.07, 6.45) is -4.82. The van der Waals surface area contributed by atoms with Crippen LogP contribution < -0.4 is 14.5 Å². The van der Waals surface area contributed by atoms with Gasteiger partial charge in [-0.15, -0.1) is 0 Å². The first-order valence-electron chi connectivity index (χ1n) is 8.51. The van der Waals surface area contributed by atoms with Crippen LogP contribution in [0.4, 0.5) is 13.2 Å². The number of carbonyl (C=O) groups excluding carboxylic acids is 1. The fourth-order valence-electron chi connectivity index (χ4n) is 2.68. The van der Waals surface area contributed by atoms with Crippen LogP contribution in [0.15, 0.2) is 39.9 Å². The Morgan fingerprint density at radius 2 is 2.03 bits per heavy atom. The standard InChI is InChI=1S/C19H13F3N4O4S/c1-26-16(18(28)30-25-26)15(27)9-31-17-12(8-23)13(19(20,21)22)7-14(24-17)10-3-5-11(29-2)6-4-10/h3-7H,9H2,1-2H3. The van der Waals surface area contributed by atoms with Crippen LogP contribution in [0.2, 0.25) is 0 Å². The van der Waals surface area contributed by atoms with E-state index in [1.165, 1.54) is 32.4 Å². The van der Waals surface area contributed by atoms with Crippen LogP contribution in [-0.2, 0) is 13.2 Å². The van der Waals surface area contributed by atoms with Gasteiger partial charge in [0.25, 0.3) is 5.69 Å². The van der Waals surface area contributed by atoms with Crippen molar-refractivity contribution < 1.29 is 37.0 Å². The zero-order valence-electron chi connectivity index (χ0n) is 16.1. The molecule has 0 aliphatic carbocycles. The van der Waals surface area contributed by atoms with Crippen molar-refractivity contribution in [2.24, 2.45) is 7.05 Å². The molecular formula is C19H13F3N4O4S. The molecule has 31 heavy (non-hydrogen) atoms. The summed E-state index contributed by atoms with van der Waals surface area (Å²) in [7, 11) is 2.76. The lowest BCUT2D eigenvalue weighted by molar-refractivity contribution is -0.741. The lowest BCUT2D eigenvalue weighted by Crippen LogP contribution is -2.37. The molecule has 0 saturated carbocycles. The number of alkyl halides is 3. The summed E-state index contributed by atoms with van der Waals surface area (Å²) < 4.78 is 51.2. The van der Waals surface area contributed by atoms with Gasteiger partial charge >= 0.3 is 6.18 Å². The molecule has 0 saturated heterocycles. The average Bonchev–Trinajstić information content (AvgIpc) is 3.08. The molecule has 2 aromatic heterocycles. The number of hydrogen-bond acceptors (Lipinski definition) is 8. The number of halogens is 3. The number of aryl methyl sites for hydroxylation is 1. The molecular weight excluding hydrogens is 437 g/mol. The van der Waals surface area contributed by atoms with Gasteiger partial charge in [-0.2, -0.15) is 18.4 Å². The molecule has 1 aromatic carbocycles. The maximum atomic E-state index is 13.6. The third kappa shape index (κ3) is 4.61. The number of hydrogen-bond donors (Lipinski definition) is 0. The highest BCUT2D eigenvalue weighted by atomic mass is 32.2. The summed E-state index contributed by atoms with van der Waals surface area (Å²) in [5.41, 5.74) is -1.93. The van der Waals surface area contributed by atoms with Crippen molar-refractivity contribution in [2.75, 3.05) is 12.9 Å². The number of ether oxygens (including phenoxy) is 1. The number of aromatic nitrogens is 3. The van der Waals surface area contributed by atoms with Crippen LogP contribution in [0, 0.1) is 11.3 Å². The first-order valence-corrected chi connectivity index (χ1v) is 9.50. The second kappa shape index (κ2) is 8.65. The van der Waals surface area contributed by atoms with Crippen molar-refractivity contribution in [3.8, 4) is 29.0 Å². The van der Waals surface area contributed by atoms with Gasteiger partial charge in [-0.3, -0.25) is 4.79 Å². The molecule has 12 heteroatoms. The zero-order chi connectivity index (χ0) is 22.8. The quantitative estimate of drug-likeness (QED) is 0.320. The molecule has 0 aliphatic rings. The van der Waals surface area contributed by atoms with Crippen LogP contribution in [0.3, 0.4) is 0 Å². The Morgan fingerprint density at radius 3 is 2.55 bits per heavy atom. The van der Waals surface area contributed by atoms with Gasteiger partial charge in [0, 0.05) is 5.56 Å². The first-order chi connectivity index (χ1) is 14.7. The van der Waals surface area contributed by atoms with Crippen LogP contribution in [0.25, 0.3) is 11.3 Å². The van der Waals surface area contributed by atoms with E-state index in [0.717, 1.165) is 10.7 Å². The van der Waals surface area contributed by atoms with Gasteiger partial charge in [0.05, 0.1) is 35.0 Å². The predicted octanol–water partition coefficient (Wildman–Crippen LogP) is 2.51.